The molecule has 8 heteroatoms. The Kier molecular flexibility index (Phi) is 5.81. The van der Waals surface area contributed by atoms with E-state index in [1.807, 2.05) is 13.0 Å². The first-order valence-electron chi connectivity index (χ1n) is 10.7. The zero-order valence-corrected chi connectivity index (χ0v) is 19.3. The molecule has 0 bridgehead atoms. The number of anilines is 1. The number of carbonyl (C=O) groups excluding carboxylic acids is 1. The van der Waals surface area contributed by atoms with Crippen LogP contribution in [0.2, 0.25) is 0 Å². The van der Waals surface area contributed by atoms with Crippen LogP contribution in [0.25, 0.3) is 10.9 Å². The Morgan fingerprint density at radius 1 is 1.12 bits per heavy atom. The maximum absolute atomic E-state index is 13.2. The molecule has 1 aliphatic rings. The second kappa shape index (κ2) is 8.43. The van der Waals surface area contributed by atoms with Crippen molar-refractivity contribution in [1.29, 1.82) is 0 Å². The lowest BCUT2D eigenvalue weighted by Crippen LogP contribution is -2.40. The van der Waals surface area contributed by atoms with Gasteiger partial charge in [-0.1, -0.05) is 19.1 Å². The Bertz CT molecular complexity index is 1340. The largest absolute Gasteiger partial charge is 0.360 e. The summed E-state index contributed by atoms with van der Waals surface area (Å²) in [5.41, 5.74) is 1.53. The van der Waals surface area contributed by atoms with E-state index in [0.717, 1.165) is 18.4 Å². The van der Waals surface area contributed by atoms with E-state index in [1.165, 1.54) is 29.7 Å². The van der Waals surface area contributed by atoms with Crippen molar-refractivity contribution in [3.05, 3.63) is 70.0 Å². The molecule has 0 spiro atoms. The maximum atomic E-state index is 13.2. The first-order valence-corrected chi connectivity index (χ1v) is 12.1. The molecule has 168 valence electrons. The number of hydrogen-bond acceptors (Lipinski definition) is 4. The number of rotatable bonds is 4. The molecule has 0 radical (unpaired) electrons. The topological polar surface area (TPSA) is 90.6 Å². The highest BCUT2D eigenvalue weighted by molar-refractivity contribution is 7.92. The number of fused-ring (bicyclic) bond motifs is 1. The summed E-state index contributed by atoms with van der Waals surface area (Å²) in [5.74, 6) is 0.247. The van der Waals surface area contributed by atoms with Gasteiger partial charge in [-0.15, -0.1) is 0 Å². The maximum Gasteiger partial charge on any atom is 0.264 e. The predicted octanol–water partition coefficient (Wildman–Crippen LogP) is 3.53. The first kappa shape index (κ1) is 22.1. The summed E-state index contributed by atoms with van der Waals surface area (Å²) in [6.45, 7) is 5.28. The molecule has 3 aromatic rings. The standard InChI is InChI=1S/C24H27N3O4S/c1-16-9-11-27(12-10-16)24(29)21-15-25-22-8-7-19(14-20(22)23(21)28)32(30,31)26(3)18-6-4-5-17(2)13-18/h4-8,13-16H,9-12H2,1-3H3,(H,25,28). The number of piperidine rings is 1. The molecule has 0 saturated carbocycles. The lowest BCUT2D eigenvalue weighted by atomic mass is 9.98. The third kappa shape index (κ3) is 4.02. The summed E-state index contributed by atoms with van der Waals surface area (Å²) in [6, 6.07) is 11.6. The fraction of sp³-hybridized carbons (Fsp3) is 0.333. The van der Waals surface area contributed by atoms with Crippen LogP contribution in [0.1, 0.15) is 35.7 Å². The van der Waals surface area contributed by atoms with E-state index in [1.54, 1.807) is 29.2 Å². The zero-order chi connectivity index (χ0) is 23.0. The van der Waals surface area contributed by atoms with E-state index >= 15 is 0 Å². The highest BCUT2D eigenvalue weighted by atomic mass is 32.2. The van der Waals surface area contributed by atoms with Gasteiger partial charge in [0, 0.05) is 37.2 Å². The molecule has 0 unspecified atom stereocenters. The van der Waals surface area contributed by atoms with Gasteiger partial charge in [0.2, 0.25) is 5.43 Å². The number of nitrogens with one attached hydrogen (secondary N) is 1. The quantitative estimate of drug-likeness (QED) is 0.654. The Balaban J connectivity index is 1.72. The number of pyridine rings is 1. The number of amides is 1. The Labute approximate surface area is 187 Å². The number of H-pyrrole nitrogens is 1. The van der Waals surface area contributed by atoms with Crippen LogP contribution >= 0.6 is 0 Å². The molecule has 2 aromatic carbocycles. The summed E-state index contributed by atoms with van der Waals surface area (Å²) in [7, 11) is -2.41. The monoisotopic (exact) mass is 453 g/mol. The number of hydrogen-bond donors (Lipinski definition) is 1. The van der Waals surface area contributed by atoms with Gasteiger partial charge in [-0.05, 0) is 61.6 Å². The molecule has 32 heavy (non-hydrogen) atoms. The van der Waals surface area contributed by atoms with Gasteiger partial charge >= 0.3 is 0 Å². The zero-order valence-electron chi connectivity index (χ0n) is 18.5. The number of benzene rings is 2. The number of carbonyl (C=O) groups is 1. The van der Waals surface area contributed by atoms with Crippen LogP contribution in [0.3, 0.4) is 0 Å². The third-order valence-electron chi connectivity index (χ3n) is 6.18. The van der Waals surface area contributed by atoms with Gasteiger partial charge < -0.3 is 9.88 Å². The van der Waals surface area contributed by atoms with Crippen LogP contribution in [0.4, 0.5) is 5.69 Å². The molecule has 1 fully saturated rings. The van der Waals surface area contributed by atoms with Crippen LogP contribution in [0.15, 0.2) is 58.4 Å². The summed E-state index contributed by atoms with van der Waals surface area (Å²) >= 11 is 0. The van der Waals surface area contributed by atoms with Crippen LogP contribution in [0.5, 0.6) is 0 Å². The van der Waals surface area contributed by atoms with Gasteiger partial charge in [0.25, 0.3) is 15.9 Å². The minimum absolute atomic E-state index is 0.00379. The Hall–Kier alpha value is -3.13. The minimum Gasteiger partial charge on any atom is -0.360 e. The lowest BCUT2D eigenvalue weighted by Gasteiger charge is -2.30. The number of likely N-dealkylation sites (tertiary alicyclic amines) is 1. The molecule has 1 saturated heterocycles. The molecule has 1 amide bonds. The fourth-order valence-electron chi connectivity index (χ4n) is 4.02. The smallest absolute Gasteiger partial charge is 0.264 e. The molecular formula is C24H27N3O4S. The van der Waals surface area contributed by atoms with Gasteiger partial charge in [-0.25, -0.2) is 8.42 Å². The highest BCUT2D eigenvalue weighted by Gasteiger charge is 2.26. The second-order valence-corrected chi connectivity index (χ2v) is 10.5. The van der Waals surface area contributed by atoms with Crippen LogP contribution in [-0.2, 0) is 10.0 Å². The van der Waals surface area contributed by atoms with Gasteiger partial charge in [0.1, 0.15) is 5.56 Å². The number of nitrogens with zero attached hydrogens (tertiary/aromatic N) is 2. The molecule has 0 aliphatic carbocycles. The molecule has 1 N–H and O–H groups in total. The van der Waals surface area contributed by atoms with E-state index in [9.17, 15) is 18.0 Å². The van der Waals surface area contributed by atoms with E-state index in [4.69, 9.17) is 0 Å². The van der Waals surface area contributed by atoms with Gasteiger partial charge in [0.15, 0.2) is 0 Å². The van der Waals surface area contributed by atoms with Crippen molar-refractivity contribution < 1.29 is 13.2 Å². The number of aromatic nitrogens is 1. The van der Waals surface area contributed by atoms with E-state index in [-0.39, 0.29) is 21.8 Å². The fourth-order valence-corrected chi connectivity index (χ4v) is 5.23. The molecule has 1 aromatic heterocycles. The van der Waals surface area contributed by atoms with E-state index in [2.05, 4.69) is 11.9 Å². The van der Waals surface area contributed by atoms with Crippen LogP contribution in [-0.4, -0.2) is 44.3 Å². The second-order valence-electron chi connectivity index (χ2n) is 8.53. The van der Waals surface area contributed by atoms with Crippen molar-refractivity contribution in [3.8, 4) is 0 Å². The number of sulfonamides is 1. The van der Waals surface area contributed by atoms with E-state index < -0.39 is 15.5 Å². The van der Waals surface area contributed by atoms with Crippen LogP contribution < -0.4 is 9.73 Å². The van der Waals surface area contributed by atoms with Crippen molar-refractivity contribution in [2.75, 3.05) is 24.4 Å². The highest BCUT2D eigenvalue weighted by Crippen LogP contribution is 2.25. The number of aromatic amines is 1. The summed E-state index contributed by atoms with van der Waals surface area (Å²) in [4.78, 5) is 30.8. The van der Waals surface area contributed by atoms with Crippen molar-refractivity contribution in [1.82, 2.24) is 9.88 Å². The van der Waals surface area contributed by atoms with Gasteiger partial charge in [-0.2, -0.15) is 0 Å². The van der Waals surface area contributed by atoms with Gasteiger partial charge in [0.05, 0.1) is 10.6 Å². The molecule has 7 nitrogen and oxygen atoms in total. The number of aryl methyl sites for hydroxylation is 1. The molecular weight excluding hydrogens is 426 g/mol. The average Bonchev–Trinajstić information content (AvgIpc) is 2.78. The van der Waals surface area contributed by atoms with Crippen molar-refractivity contribution in [2.24, 2.45) is 5.92 Å². The van der Waals surface area contributed by atoms with Crippen LogP contribution in [0, 0.1) is 12.8 Å². The average molecular weight is 454 g/mol. The first-order chi connectivity index (χ1) is 15.2. The Morgan fingerprint density at radius 3 is 2.53 bits per heavy atom. The summed E-state index contributed by atoms with van der Waals surface area (Å²) in [6.07, 6.45) is 3.24. The summed E-state index contributed by atoms with van der Waals surface area (Å²) < 4.78 is 27.7. The SMILES string of the molecule is Cc1cccc(N(C)S(=O)(=O)c2ccc3[nH]cc(C(=O)N4CCC(C)CC4)c(=O)c3c2)c1. The molecule has 1 aliphatic heterocycles. The molecule has 0 atom stereocenters. The Morgan fingerprint density at radius 2 is 1.84 bits per heavy atom. The van der Waals surface area contributed by atoms with Crippen molar-refractivity contribution >= 4 is 32.5 Å². The van der Waals surface area contributed by atoms with E-state index in [0.29, 0.717) is 30.2 Å². The predicted molar refractivity (Wildman–Crippen MR) is 126 cm³/mol. The van der Waals surface area contributed by atoms with Crippen molar-refractivity contribution in [3.63, 3.8) is 0 Å². The summed E-state index contributed by atoms with van der Waals surface area (Å²) in [5, 5.41) is 0.181. The normalized spacial score (nSPS) is 15.2. The van der Waals surface area contributed by atoms with Gasteiger partial charge in [-0.3, -0.25) is 13.9 Å². The minimum atomic E-state index is -3.89. The lowest BCUT2D eigenvalue weighted by molar-refractivity contribution is 0.0696. The molecule has 2 heterocycles. The van der Waals surface area contributed by atoms with Crippen molar-refractivity contribution in [2.45, 2.75) is 31.6 Å². The molecule has 4 rings (SSSR count). The third-order valence-corrected chi connectivity index (χ3v) is 7.96.